The fourth-order valence-electron chi connectivity index (χ4n) is 2.39. The molecule has 1 aromatic rings. The molecule has 2 nitrogen and oxygen atoms in total. The first-order valence-electron chi connectivity index (χ1n) is 6.58. The number of carbonyl (C=O) groups excluding carboxylic acids is 1. The maximum Gasteiger partial charge on any atom is 0.153 e. The van der Waals surface area contributed by atoms with E-state index in [1.54, 1.807) is 11.8 Å². The Balaban J connectivity index is 1.99. The highest BCUT2D eigenvalue weighted by molar-refractivity contribution is 7.98. The van der Waals surface area contributed by atoms with E-state index < -0.39 is 6.10 Å². The van der Waals surface area contributed by atoms with Crippen molar-refractivity contribution in [1.29, 1.82) is 0 Å². The van der Waals surface area contributed by atoms with Crippen LogP contribution in [0.2, 0.25) is 0 Å². The Morgan fingerprint density at radius 2 is 1.89 bits per heavy atom. The van der Waals surface area contributed by atoms with E-state index in [1.165, 1.54) is 24.2 Å². The second-order valence-corrected chi connectivity index (χ2v) is 5.61. The van der Waals surface area contributed by atoms with E-state index >= 15 is 0 Å². The van der Waals surface area contributed by atoms with E-state index in [1.807, 2.05) is 30.5 Å². The van der Waals surface area contributed by atoms with E-state index in [9.17, 15) is 4.79 Å². The molecule has 2 rings (SSSR count). The van der Waals surface area contributed by atoms with Gasteiger partial charge in [0.25, 0.3) is 0 Å². The number of rotatable bonds is 5. The third kappa shape index (κ3) is 3.59. The van der Waals surface area contributed by atoms with Gasteiger partial charge in [-0.05, 0) is 36.8 Å². The van der Waals surface area contributed by atoms with Crippen molar-refractivity contribution >= 4 is 18.0 Å². The Morgan fingerprint density at radius 3 is 2.44 bits per heavy atom. The monoisotopic (exact) mass is 264 g/mol. The minimum absolute atomic E-state index is 0.258. The van der Waals surface area contributed by atoms with Crippen LogP contribution in [0.5, 0.6) is 0 Å². The molecular formula is C15H20O2S. The molecule has 1 aromatic carbocycles. The number of ether oxygens (including phenoxy) is 1. The van der Waals surface area contributed by atoms with Crippen LogP contribution in [0, 0.1) is 0 Å². The third-order valence-electron chi connectivity index (χ3n) is 3.46. The molecule has 0 heterocycles. The minimum Gasteiger partial charge on any atom is -0.363 e. The van der Waals surface area contributed by atoms with Crippen LogP contribution in [-0.2, 0) is 9.53 Å². The number of hydrogen-bond donors (Lipinski definition) is 0. The summed E-state index contributed by atoms with van der Waals surface area (Å²) in [6, 6.07) is 8.07. The Bertz CT molecular complexity index is 369. The lowest BCUT2D eigenvalue weighted by Crippen LogP contribution is -2.20. The predicted octanol–water partition coefficient (Wildman–Crippen LogP) is 4.00. The number of hydrogen-bond acceptors (Lipinski definition) is 3. The molecule has 0 saturated heterocycles. The van der Waals surface area contributed by atoms with Crippen molar-refractivity contribution in [3.05, 3.63) is 29.8 Å². The highest BCUT2D eigenvalue weighted by Gasteiger charge is 2.19. The molecule has 1 unspecified atom stereocenters. The standard InChI is InChI=1S/C15H20O2S/c1-18-14-9-7-12(8-10-14)15(11-16)17-13-5-3-2-4-6-13/h7-11,13,15H,2-6H2,1H3. The molecule has 0 aliphatic heterocycles. The molecule has 18 heavy (non-hydrogen) atoms. The summed E-state index contributed by atoms with van der Waals surface area (Å²) in [6.45, 7) is 0. The zero-order valence-electron chi connectivity index (χ0n) is 10.8. The molecule has 1 aliphatic rings. The van der Waals surface area contributed by atoms with Gasteiger partial charge in [0.05, 0.1) is 6.10 Å². The van der Waals surface area contributed by atoms with Gasteiger partial charge in [0, 0.05) is 4.90 Å². The van der Waals surface area contributed by atoms with Crippen molar-refractivity contribution < 1.29 is 9.53 Å². The van der Waals surface area contributed by atoms with Gasteiger partial charge in [0.15, 0.2) is 6.29 Å². The van der Waals surface area contributed by atoms with Gasteiger partial charge in [-0.25, -0.2) is 0 Å². The van der Waals surface area contributed by atoms with Crippen LogP contribution in [-0.4, -0.2) is 18.6 Å². The molecule has 1 atom stereocenters. The maximum absolute atomic E-state index is 11.2. The number of thioether (sulfide) groups is 1. The molecule has 1 fully saturated rings. The van der Waals surface area contributed by atoms with Gasteiger partial charge in [-0.2, -0.15) is 0 Å². The van der Waals surface area contributed by atoms with Crippen molar-refractivity contribution in [2.45, 2.75) is 49.2 Å². The van der Waals surface area contributed by atoms with Crippen LogP contribution in [0.1, 0.15) is 43.8 Å². The fraction of sp³-hybridized carbons (Fsp3) is 0.533. The second kappa shape index (κ2) is 6.95. The van der Waals surface area contributed by atoms with Crippen molar-refractivity contribution in [2.75, 3.05) is 6.26 Å². The highest BCUT2D eigenvalue weighted by atomic mass is 32.2. The van der Waals surface area contributed by atoms with Gasteiger partial charge in [-0.3, -0.25) is 0 Å². The van der Waals surface area contributed by atoms with Crippen molar-refractivity contribution in [1.82, 2.24) is 0 Å². The summed E-state index contributed by atoms with van der Waals surface area (Å²) < 4.78 is 5.93. The summed E-state index contributed by atoms with van der Waals surface area (Å²) in [5.74, 6) is 0. The molecule has 0 bridgehead atoms. The molecule has 0 aromatic heterocycles. The molecule has 98 valence electrons. The van der Waals surface area contributed by atoms with Gasteiger partial charge >= 0.3 is 0 Å². The van der Waals surface area contributed by atoms with E-state index in [0.717, 1.165) is 24.7 Å². The van der Waals surface area contributed by atoms with Gasteiger partial charge in [0.2, 0.25) is 0 Å². The molecule has 1 saturated carbocycles. The normalized spacial score (nSPS) is 18.5. The first-order chi connectivity index (χ1) is 8.83. The predicted molar refractivity (Wildman–Crippen MR) is 75.0 cm³/mol. The Kier molecular flexibility index (Phi) is 5.26. The summed E-state index contributed by atoms with van der Waals surface area (Å²) in [6.07, 6.45) is 8.75. The van der Waals surface area contributed by atoms with Gasteiger partial charge in [-0.1, -0.05) is 31.4 Å². The second-order valence-electron chi connectivity index (χ2n) is 4.73. The van der Waals surface area contributed by atoms with E-state index in [-0.39, 0.29) is 6.10 Å². The zero-order valence-corrected chi connectivity index (χ0v) is 11.6. The smallest absolute Gasteiger partial charge is 0.153 e. The summed E-state index contributed by atoms with van der Waals surface area (Å²) in [4.78, 5) is 12.4. The van der Waals surface area contributed by atoms with Gasteiger partial charge < -0.3 is 9.53 Å². The lowest BCUT2D eigenvalue weighted by atomic mass is 9.97. The Labute approximate surface area is 113 Å². The first-order valence-corrected chi connectivity index (χ1v) is 7.80. The van der Waals surface area contributed by atoms with Crippen molar-refractivity contribution in [3.8, 4) is 0 Å². The van der Waals surface area contributed by atoms with Crippen LogP contribution in [0.15, 0.2) is 29.2 Å². The zero-order chi connectivity index (χ0) is 12.8. The molecular weight excluding hydrogens is 244 g/mol. The van der Waals surface area contributed by atoms with Crippen LogP contribution >= 0.6 is 11.8 Å². The van der Waals surface area contributed by atoms with Crippen LogP contribution in [0.3, 0.4) is 0 Å². The summed E-state index contributed by atoms with van der Waals surface area (Å²) in [5, 5.41) is 0. The molecule has 0 amide bonds. The summed E-state index contributed by atoms with van der Waals surface area (Å²) in [5.41, 5.74) is 0.966. The molecule has 1 aliphatic carbocycles. The first kappa shape index (κ1) is 13.6. The van der Waals surface area contributed by atoms with E-state index in [2.05, 4.69) is 0 Å². The highest BCUT2D eigenvalue weighted by Crippen LogP contribution is 2.27. The molecule has 0 N–H and O–H groups in total. The van der Waals surface area contributed by atoms with Gasteiger partial charge in [0.1, 0.15) is 6.10 Å². The maximum atomic E-state index is 11.2. The average molecular weight is 264 g/mol. The summed E-state index contributed by atoms with van der Waals surface area (Å²) >= 11 is 1.70. The molecule has 3 heteroatoms. The third-order valence-corrected chi connectivity index (χ3v) is 4.20. The number of carbonyl (C=O) groups is 1. The Hall–Kier alpha value is -0.800. The minimum atomic E-state index is -0.399. The fourth-order valence-corrected chi connectivity index (χ4v) is 2.80. The van der Waals surface area contributed by atoms with E-state index in [4.69, 9.17) is 4.74 Å². The van der Waals surface area contributed by atoms with Crippen molar-refractivity contribution in [2.24, 2.45) is 0 Å². The Morgan fingerprint density at radius 1 is 1.22 bits per heavy atom. The van der Waals surface area contributed by atoms with Gasteiger partial charge in [-0.15, -0.1) is 11.8 Å². The lowest BCUT2D eigenvalue weighted by molar-refractivity contribution is -0.123. The van der Waals surface area contributed by atoms with E-state index in [0.29, 0.717) is 0 Å². The quantitative estimate of drug-likeness (QED) is 0.594. The average Bonchev–Trinajstić information content (AvgIpc) is 2.46. The number of aldehydes is 1. The molecule has 0 radical (unpaired) electrons. The van der Waals surface area contributed by atoms with Crippen molar-refractivity contribution in [3.63, 3.8) is 0 Å². The topological polar surface area (TPSA) is 26.3 Å². The lowest BCUT2D eigenvalue weighted by Gasteiger charge is -2.25. The van der Waals surface area contributed by atoms with Crippen LogP contribution in [0.25, 0.3) is 0 Å². The largest absolute Gasteiger partial charge is 0.363 e. The molecule has 0 spiro atoms. The number of benzene rings is 1. The van der Waals surface area contributed by atoms with Crippen LogP contribution < -0.4 is 0 Å². The van der Waals surface area contributed by atoms with Crippen LogP contribution in [0.4, 0.5) is 0 Å². The SMILES string of the molecule is CSc1ccc(C(C=O)OC2CCCCC2)cc1. The summed E-state index contributed by atoms with van der Waals surface area (Å²) in [7, 11) is 0.